The summed E-state index contributed by atoms with van der Waals surface area (Å²) in [5.41, 5.74) is -0.743. The molecule has 0 bridgehead atoms. The van der Waals surface area contributed by atoms with Crippen molar-refractivity contribution < 1.29 is 32.9 Å². The second-order valence-corrected chi connectivity index (χ2v) is 6.65. The Balaban J connectivity index is 1.90. The third kappa shape index (κ3) is 3.27. The number of phenols is 1. The number of aromatic hydroxyl groups is 1. The van der Waals surface area contributed by atoms with E-state index in [1.807, 2.05) is 0 Å². The summed E-state index contributed by atoms with van der Waals surface area (Å²) < 4.78 is 39.9. The van der Waals surface area contributed by atoms with Crippen molar-refractivity contribution in [3.05, 3.63) is 29.9 Å². The van der Waals surface area contributed by atoms with Gasteiger partial charge in [0.15, 0.2) is 17.9 Å². The van der Waals surface area contributed by atoms with Crippen LogP contribution in [0.3, 0.4) is 0 Å². The minimum Gasteiger partial charge on any atom is -0.506 e. The Morgan fingerprint density at radius 1 is 1.36 bits per heavy atom. The summed E-state index contributed by atoms with van der Waals surface area (Å²) in [5.74, 6) is -3.26. The Morgan fingerprint density at radius 3 is 2.64 bits per heavy atom. The number of aliphatic hydroxyl groups is 2. The first-order valence-corrected chi connectivity index (χ1v) is 8.16. The zero-order valence-electron chi connectivity index (χ0n) is 12.3. The third-order valence-corrected chi connectivity index (χ3v) is 4.57. The Hall–Kier alpha value is -3.06. The fourth-order valence-corrected chi connectivity index (χ4v) is 3.43. The third-order valence-electron chi connectivity index (χ3n) is 3.19. The quantitative estimate of drug-likeness (QED) is 0.376. The van der Waals surface area contributed by atoms with Gasteiger partial charge in [-0.2, -0.15) is 8.42 Å². The highest BCUT2D eigenvalue weighted by Crippen LogP contribution is 2.36. The molecule has 3 rings (SSSR count). The molecule has 1 amide bonds. The summed E-state index contributed by atoms with van der Waals surface area (Å²) in [6.07, 6.45) is -0.317. The van der Waals surface area contributed by atoms with Crippen molar-refractivity contribution in [1.82, 2.24) is 10.0 Å². The van der Waals surface area contributed by atoms with E-state index < -0.39 is 46.1 Å². The first-order valence-electron chi connectivity index (χ1n) is 6.72. The number of aliphatic hydroxyl groups excluding tert-OH is 2. The molecule has 0 radical (unpaired) electrons. The fraction of sp³-hybridized carbons (Fsp3) is 0.167. The molecule has 134 valence electrons. The maximum atomic E-state index is 14.3. The van der Waals surface area contributed by atoms with Gasteiger partial charge in [0.1, 0.15) is 18.0 Å². The molecule has 11 nitrogen and oxygen atoms in total. The predicted molar refractivity (Wildman–Crippen MR) is 83.4 cm³/mol. The van der Waals surface area contributed by atoms with E-state index >= 15 is 0 Å². The van der Waals surface area contributed by atoms with E-state index in [9.17, 15) is 32.9 Å². The molecule has 0 aliphatic carbocycles. The topological polar surface area (TPSA) is 164 Å². The van der Waals surface area contributed by atoms with Gasteiger partial charge in [-0.1, -0.05) is 0 Å². The minimum atomic E-state index is -4.29. The van der Waals surface area contributed by atoms with E-state index in [-0.39, 0.29) is 17.5 Å². The second-order valence-electron chi connectivity index (χ2n) is 5.06. The van der Waals surface area contributed by atoms with Gasteiger partial charge >= 0.3 is 10.2 Å². The van der Waals surface area contributed by atoms with E-state index in [0.717, 1.165) is 18.2 Å². The molecule has 1 fully saturated rings. The van der Waals surface area contributed by atoms with Crippen molar-refractivity contribution in [2.75, 3.05) is 16.2 Å². The van der Waals surface area contributed by atoms with Gasteiger partial charge in [0.25, 0.3) is 5.91 Å². The van der Waals surface area contributed by atoms with E-state index in [2.05, 4.69) is 15.6 Å². The number of nitrogens with one attached hydrogen (secondary N) is 3. The summed E-state index contributed by atoms with van der Waals surface area (Å²) in [5, 5.41) is 33.5. The van der Waals surface area contributed by atoms with Crippen molar-refractivity contribution in [3.63, 3.8) is 0 Å². The average molecular weight is 373 g/mol. The molecule has 2 aliphatic heterocycles. The van der Waals surface area contributed by atoms with Gasteiger partial charge in [-0.3, -0.25) is 10.1 Å². The molecule has 1 unspecified atom stereocenters. The molecule has 6 N–H and O–H groups in total. The summed E-state index contributed by atoms with van der Waals surface area (Å²) in [7, 11) is -4.29. The number of benzene rings is 1. The minimum absolute atomic E-state index is 0.0530. The summed E-state index contributed by atoms with van der Waals surface area (Å²) >= 11 is 0. The van der Waals surface area contributed by atoms with Crippen LogP contribution in [0.2, 0.25) is 0 Å². The Morgan fingerprint density at radius 2 is 2.08 bits per heavy atom. The zero-order chi connectivity index (χ0) is 18.4. The predicted octanol–water partition coefficient (Wildman–Crippen LogP) is -1.20. The van der Waals surface area contributed by atoms with Gasteiger partial charge < -0.3 is 20.6 Å². The maximum Gasteiger partial charge on any atom is 0.326 e. The summed E-state index contributed by atoms with van der Waals surface area (Å²) in [6.45, 7) is -0.668. The summed E-state index contributed by atoms with van der Waals surface area (Å²) in [4.78, 5) is 14.9. The monoisotopic (exact) mass is 373 g/mol. The molecule has 0 spiro atoms. The van der Waals surface area contributed by atoms with Crippen molar-refractivity contribution in [1.29, 1.82) is 0 Å². The van der Waals surface area contributed by atoms with Gasteiger partial charge in [-0.25, -0.2) is 18.4 Å². The number of guanidine groups is 1. The van der Waals surface area contributed by atoms with Gasteiger partial charge in [0.05, 0.1) is 0 Å². The number of rotatable bonds is 2. The Bertz CT molecular complexity index is 892. The largest absolute Gasteiger partial charge is 0.506 e. The average Bonchev–Trinajstić information content (AvgIpc) is 2.69. The van der Waals surface area contributed by atoms with Crippen LogP contribution in [-0.4, -0.2) is 48.4 Å². The van der Waals surface area contributed by atoms with Gasteiger partial charge in [-0.05, 0) is 6.07 Å². The van der Waals surface area contributed by atoms with Gasteiger partial charge in [0, 0.05) is 17.8 Å². The standard InChI is InChI=1S/C12H12FN5O6S/c13-6-1-5(14-12-15-8(20)3-9(21)16-12)2-7(19)11(6)18-4-10(22)17-25(18,23)24/h1-3,8,19-21H,4H2,(H,17,22)(H2,14,15,16). The van der Waals surface area contributed by atoms with Crippen molar-refractivity contribution in [3.8, 4) is 5.75 Å². The van der Waals surface area contributed by atoms with Crippen LogP contribution >= 0.6 is 0 Å². The normalized spacial score (nSPS) is 21.9. The van der Waals surface area contributed by atoms with E-state index in [1.54, 1.807) is 4.72 Å². The number of anilines is 2. The van der Waals surface area contributed by atoms with Crippen LogP contribution < -0.4 is 19.7 Å². The lowest BCUT2D eigenvalue weighted by Gasteiger charge is -2.20. The molecule has 1 aromatic carbocycles. The Kier molecular flexibility index (Phi) is 3.88. The number of phenolic OH excluding ortho intramolecular Hbond substituents is 1. The van der Waals surface area contributed by atoms with Crippen LogP contribution in [-0.2, 0) is 15.0 Å². The SMILES string of the molecule is O=C1CN(c2c(O)cc(NC3=NC(O)C=C(O)N3)cc2F)S(=O)(=O)N1. The number of hydrogen-bond donors (Lipinski definition) is 6. The van der Waals surface area contributed by atoms with E-state index in [4.69, 9.17) is 0 Å². The molecule has 13 heteroatoms. The molecule has 1 saturated heterocycles. The summed E-state index contributed by atoms with van der Waals surface area (Å²) in [6, 6.07) is 1.84. The van der Waals surface area contributed by atoms with Crippen LogP contribution in [0.4, 0.5) is 15.8 Å². The first-order chi connectivity index (χ1) is 11.7. The molecule has 2 heterocycles. The van der Waals surface area contributed by atoms with Crippen LogP contribution in [0.1, 0.15) is 0 Å². The highest BCUT2D eigenvalue weighted by molar-refractivity contribution is 7.92. The van der Waals surface area contributed by atoms with Gasteiger partial charge in [0.2, 0.25) is 5.96 Å². The van der Waals surface area contributed by atoms with Crippen molar-refractivity contribution in [2.45, 2.75) is 6.23 Å². The Labute approximate surface area is 140 Å². The number of hydrogen-bond acceptors (Lipinski definition) is 9. The number of carbonyl (C=O) groups excluding carboxylic acids is 1. The second kappa shape index (κ2) is 5.78. The lowest BCUT2D eigenvalue weighted by molar-refractivity contribution is -0.117. The maximum absolute atomic E-state index is 14.3. The van der Waals surface area contributed by atoms with Crippen LogP contribution in [0.15, 0.2) is 29.1 Å². The molecular weight excluding hydrogens is 361 g/mol. The van der Waals surface area contributed by atoms with Gasteiger partial charge in [-0.15, -0.1) is 0 Å². The number of carbonyl (C=O) groups is 1. The molecule has 1 atom stereocenters. The number of amides is 1. The molecule has 0 saturated carbocycles. The highest BCUT2D eigenvalue weighted by atomic mass is 32.2. The smallest absolute Gasteiger partial charge is 0.326 e. The molecule has 25 heavy (non-hydrogen) atoms. The lowest BCUT2D eigenvalue weighted by Crippen LogP contribution is -2.35. The highest BCUT2D eigenvalue weighted by Gasteiger charge is 2.37. The molecular formula is C12H12FN5O6S. The van der Waals surface area contributed by atoms with Crippen molar-refractivity contribution >= 4 is 33.5 Å². The first kappa shape index (κ1) is 16.8. The lowest BCUT2D eigenvalue weighted by atomic mass is 10.2. The van der Waals surface area contributed by atoms with Crippen LogP contribution in [0, 0.1) is 5.82 Å². The number of aliphatic imine (C=N–C) groups is 1. The zero-order valence-corrected chi connectivity index (χ0v) is 13.1. The van der Waals surface area contributed by atoms with Crippen molar-refractivity contribution in [2.24, 2.45) is 4.99 Å². The molecule has 2 aliphatic rings. The van der Waals surface area contributed by atoms with Crippen LogP contribution in [0.25, 0.3) is 0 Å². The number of nitrogens with zero attached hydrogens (tertiary/aromatic N) is 2. The van der Waals surface area contributed by atoms with Crippen LogP contribution in [0.5, 0.6) is 5.75 Å². The fourth-order valence-electron chi connectivity index (χ4n) is 2.26. The number of halogens is 1. The molecule has 0 aromatic heterocycles. The molecule has 1 aromatic rings. The van der Waals surface area contributed by atoms with E-state index in [1.165, 1.54) is 0 Å². The van der Waals surface area contributed by atoms with E-state index in [0.29, 0.717) is 4.31 Å².